The third kappa shape index (κ3) is 3.89. The van der Waals surface area contributed by atoms with Gasteiger partial charge in [0.05, 0.1) is 35.4 Å². The Morgan fingerprint density at radius 1 is 1.25 bits per heavy atom. The van der Waals surface area contributed by atoms with E-state index in [-0.39, 0.29) is 34.6 Å². The van der Waals surface area contributed by atoms with Crippen LogP contribution in [0.15, 0.2) is 24.7 Å². The van der Waals surface area contributed by atoms with Gasteiger partial charge in [0.1, 0.15) is 23.8 Å². The van der Waals surface area contributed by atoms with Gasteiger partial charge >= 0.3 is 0 Å². The van der Waals surface area contributed by atoms with Gasteiger partial charge in [0.15, 0.2) is 0 Å². The molecule has 0 saturated carbocycles. The first-order valence-corrected chi connectivity index (χ1v) is 12.0. The largest absolute Gasteiger partial charge is 0.370 e. The Labute approximate surface area is 210 Å². The van der Waals surface area contributed by atoms with Gasteiger partial charge < -0.3 is 9.64 Å². The first-order chi connectivity index (χ1) is 17.5. The van der Waals surface area contributed by atoms with Gasteiger partial charge in [-0.3, -0.25) is 9.69 Å². The van der Waals surface area contributed by atoms with Crippen molar-refractivity contribution in [1.82, 2.24) is 40.0 Å². The summed E-state index contributed by atoms with van der Waals surface area (Å²) < 4.78 is 21.3. The van der Waals surface area contributed by atoms with Crippen LogP contribution in [-0.2, 0) is 16.0 Å². The van der Waals surface area contributed by atoms with E-state index in [4.69, 9.17) is 16.3 Å². The topological polar surface area (TPSA) is 126 Å². The maximum absolute atomic E-state index is 13.9. The normalized spacial score (nSPS) is 23.7. The highest BCUT2D eigenvalue weighted by molar-refractivity contribution is 6.32. The minimum Gasteiger partial charge on any atom is -0.370 e. The number of benzene rings is 1. The van der Waals surface area contributed by atoms with Gasteiger partial charge in [-0.05, 0) is 29.3 Å². The molecular formula is C23H21ClFN9O2. The Hall–Kier alpha value is -3.53. The van der Waals surface area contributed by atoms with Crippen LogP contribution < -0.4 is 0 Å². The zero-order valence-electron chi connectivity index (χ0n) is 19.1. The van der Waals surface area contributed by atoms with E-state index in [1.807, 2.05) is 11.0 Å². The molecule has 4 heterocycles. The number of aryl methyl sites for hydroxylation is 1. The average molecular weight is 510 g/mol. The van der Waals surface area contributed by atoms with Crippen LogP contribution in [0.2, 0.25) is 5.02 Å². The number of halogens is 2. The summed E-state index contributed by atoms with van der Waals surface area (Å²) in [4.78, 5) is 26.6. The second kappa shape index (κ2) is 9.16. The van der Waals surface area contributed by atoms with E-state index in [9.17, 15) is 14.4 Å². The molecule has 184 valence electrons. The Balaban J connectivity index is 1.12. The molecule has 0 radical (unpaired) electrons. The van der Waals surface area contributed by atoms with E-state index >= 15 is 0 Å². The van der Waals surface area contributed by atoms with Crippen molar-refractivity contribution in [3.63, 3.8) is 0 Å². The zero-order valence-corrected chi connectivity index (χ0v) is 19.8. The number of fused-ring (bicyclic) bond motifs is 2. The molecule has 2 aromatic heterocycles. The molecule has 2 aliphatic heterocycles. The van der Waals surface area contributed by atoms with Crippen molar-refractivity contribution in [3.8, 4) is 12.0 Å². The van der Waals surface area contributed by atoms with Gasteiger partial charge in [-0.1, -0.05) is 17.7 Å². The van der Waals surface area contributed by atoms with Crippen molar-refractivity contribution in [3.05, 3.63) is 57.9 Å². The number of carbonyl (C=O) groups excluding carboxylic acids is 1. The van der Waals surface area contributed by atoms with Crippen LogP contribution in [-0.4, -0.2) is 84.7 Å². The molecule has 3 atom stereocenters. The number of hydrogen-bond donors (Lipinski definition) is 0. The second-order valence-corrected chi connectivity index (χ2v) is 9.49. The molecule has 0 N–H and O–H groups in total. The molecule has 1 aliphatic carbocycles. The highest BCUT2D eigenvalue weighted by atomic mass is 35.5. The lowest BCUT2D eigenvalue weighted by Crippen LogP contribution is -2.60. The van der Waals surface area contributed by atoms with E-state index in [2.05, 4.69) is 30.4 Å². The molecule has 13 heteroatoms. The Bertz CT molecular complexity index is 1360. The highest BCUT2D eigenvalue weighted by Crippen LogP contribution is 2.36. The van der Waals surface area contributed by atoms with E-state index in [1.54, 1.807) is 12.3 Å². The van der Waals surface area contributed by atoms with E-state index in [1.165, 1.54) is 17.1 Å². The lowest BCUT2D eigenvalue weighted by Gasteiger charge is -2.46. The number of piperazine rings is 1. The number of morpholine rings is 1. The maximum atomic E-state index is 13.9. The number of hydrogen-bond acceptors (Lipinski definition) is 9. The number of ether oxygens (including phenoxy) is 1. The zero-order chi connectivity index (χ0) is 24.8. The van der Waals surface area contributed by atoms with Gasteiger partial charge in [0.2, 0.25) is 5.91 Å². The van der Waals surface area contributed by atoms with Crippen LogP contribution in [0, 0.1) is 17.1 Å². The number of rotatable bonds is 3. The molecule has 2 saturated heterocycles. The average Bonchev–Trinajstić information content (AvgIpc) is 3.58. The lowest BCUT2D eigenvalue weighted by atomic mass is 9.99. The lowest BCUT2D eigenvalue weighted by molar-refractivity contribution is -0.141. The molecule has 2 fully saturated rings. The van der Waals surface area contributed by atoms with Crippen LogP contribution in [0.3, 0.4) is 0 Å². The Kier molecular flexibility index (Phi) is 5.83. The molecule has 0 spiro atoms. The van der Waals surface area contributed by atoms with Gasteiger partial charge in [-0.2, -0.15) is 9.94 Å². The standard InChI is InChI=1S/C23H21ClFN9O2/c24-21-15(1-3-18(25)16(21)7-26)20-10-32-5-6-33(9-13(32)11-36-20)22(35)14-2-4-19-17(14)8-27-23(29-19)34-12-28-30-31-34/h1,3,8,12-14,20H,2,4-6,9-11H2/t13-,14?,20+/m1/s1. The molecule has 11 nitrogen and oxygen atoms in total. The first kappa shape index (κ1) is 22.9. The van der Waals surface area contributed by atoms with E-state index in [0.717, 1.165) is 11.3 Å². The third-order valence-corrected chi connectivity index (χ3v) is 7.58. The maximum Gasteiger partial charge on any atom is 0.253 e. The van der Waals surface area contributed by atoms with Crippen LogP contribution >= 0.6 is 11.6 Å². The summed E-state index contributed by atoms with van der Waals surface area (Å²) in [6.45, 7) is 2.81. The fourth-order valence-electron chi connectivity index (χ4n) is 5.28. The summed E-state index contributed by atoms with van der Waals surface area (Å²) in [5.41, 5.74) is 2.15. The van der Waals surface area contributed by atoms with Crippen LogP contribution in [0.1, 0.15) is 40.8 Å². The van der Waals surface area contributed by atoms with Gasteiger partial charge in [-0.15, -0.1) is 5.10 Å². The molecule has 36 heavy (non-hydrogen) atoms. The fraction of sp³-hybridized carbons (Fsp3) is 0.435. The fourth-order valence-corrected chi connectivity index (χ4v) is 5.59. The Morgan fingerprint density at radius 3 is 2.94 bits per heavy atom. The van der Waals surface area contributed by atoms with E-state index < -0.39 is 5.82 Å². The number of nitrogens with zero attached hydrogens (tertiary/aromatic N) is 9. The highest BCUT2D eigenvalue weighted by Gasteiger charge is 2.40. The summed E-state index contributed by atoms with van der Waals surface area (Å²) in [5.74, 6) is -0.446. The molecule has 3 aromatic rings. The van der Waals surface area contributed by atoms with Crippen molar-refractivity contribution in [2.24, 2.45) is 0 Å². The van der Waals surface area contributed by atoms with Gasteiger partial charge in [0.25, 0.3) is 5.95 Å². The summed E-state index contributed by atoms with van der Waals surface area (Å²) >= 11 is 6.30. The third-order valence-electron chi connectivity index (χ3n) is 7.17. The SMILES string of the molecule is N#Cc1c(F)ccc([C@@H]2CN3CCN(C(=O)C4CCc5nc(-n6cnnn6)ncc54)C[C@@H]3CO2)c1Cl. The number of amides is 1. The van der Waals surface area contributed by atoms with Crippen molar-refractivity contribution < 1.29 is 13.9 Å². The monoisotopic (exact) mass is 509 g/mol. The molecule has 0 bridgehead atoms. The quantitative estimate of drug-likeness (QED) is 0.515. The molecule has 1 unspecified atom stereocenters. The molecule has 1 aromatic carbocycles. The summed E-state index contributed by atoms with van der Waals surface area (Å²) in [6, 6.07) is 4.70. The predicted octanol–water partition coefficient (Wildman–Crippen LogP) is 1.43. The van der Waals surface area contributed by atoms with Crippen LogP contribution in [0.25, 0.3) is 5.95 Å². The summed E-state index contributed by atoms with van der Waals surface area (Å²) in [6.07, 6.45) is 4.16. The smallest absolute Gasteiger partial charge is 0.253 e. The van der Waals surface area contributed by atoms with Crippen molar-refractivity contribution in [2.75, 3.05) is 32.8 Å². The number of tetrazole rings is 1. The van der Waals surface area contributed by atoms with E-state index in [0.29, 0.717) is 57.1 Å². The number of nitriles is 1. The molecule has 6 rings (SSSR count). The van der Waals surface area contributed by atoms with Crippen molar-refractivity contribution in [1.29, 1.82) is 5.26 Å². The minimum atomic E-state index is -0.641. The molecule has 1 amide bonds. The second-order valence-electron chi connectivity index (χ2n) is 9.11. The van der Waals surface area contributed by atoms with Crippen LogP contribution in [0.5, 0.6) is 0 Å². The molecular weight excluding hydrogens is 489 g/mol. The van der Waals surface area contributed by atoms with Crippen LogP contribution in [0.4, 0.5) is 4.39 Å². The van der Waals surface area contributed by atoms with Gasteiger partial charge in [0, 0.05) is 43.5 Å². The number of aromatic nitrogens is 6. The predicted molar refractivity (Wildman–Crippen MR) is 123 cm³/mol. The first-order valence-electron chi connectivity index (χ1n) is 11.6. The summed E-state index contributed by atoms with van der Waals surface area (Å²) in [5, 5.41) is 20.4. The molecule has 3 aliphatic rings. The van der Waals surface area contributed by atoms with Crippen molar-refractivity contribution >= 4 is 17.5 Å². The summed E-state index contributed by atoms with van der Waals surface area (Å²) in [7, 11) is 0. The van der Waals surface area contributed by atoms with Crippen molar-refractivity contribution in [2.45, 2.75) is 30.9 Å². The number of carbonyl (C=O) groups is 1. The Morgan fingerprint density at radius 2 is 2.14 bits per heavy atom. The van der Waals surface area contributed by atoms with Gasteiger partial charge in [-0.25, -0.2) is 14.4 Å². The minimum absolute atomic E-state index is 0.0490.